The van der Waals surface area contributed by atoms with Gasteiger partial charge in [-0.2, -0.15) is 0 Å². The van der Waals surface area contributed by atoms with Gasteiger partial charge in [0.1, 0.15) is 12.1 Å². The standard InChI is InChI=1S/C19H20N4O/c1-23(19-16-9-5-6-10-17(16)21-14-22-19)13-18(24)20-12-11-15-7-3-2-4-8-15/h2-10,14H,11-13H2,1H3,(H,20,24). The van der Waals surface area contributed by atoms with Crippen LogP contribution < -0.4 is 10.2 Å². The summed E-state index contributed by atoms with van der Waals surface area (Å²) in [5, 5.41) is 3.90. The molecule has 0 radical (unpaired) electrons. The van der Waals surface area contributed by atoms with E-state index in [1.807, 2.05) is 54.4 Å². The minimum atomic E-state index is -0.0175. The molecule has 0 saturated carbocycles. The first-order valence-corrected chi connectivity index (χ1v) is 7.95. The average molecular weight is 320 g/mol. The van der Waals surface area contributed by atoms with Crippen LogP contribution in [0.5, 0.6) is 0 Å². The van der Waals surface area contributed by atoms with Crippen molar-refractivity contribution in [2.75, 3.05) is 25.0 Å². The second-order valence-corrected chi connectivity index (χ2v) is 5.66. The minimum absolute atomic E-state index is 0.0175. The Morgan fingerprint density at radius 3 is 2.62 bits per heavy atom. The molecule has 0 bridgehead atoms. The van der Waals surface area contributed by atoms with Gasteiger partial charge in [0.25, 0.3) is 0 Å². The van der Waals surface area contributed by atoms with E-state index >= 15 is 0 Å². The lowest BCUT2D eigenvalue weighted by Gasteiger charge is -2.19. The summed E-state index contributed by atoms with van der Waals surface area (Å²) in [7, 11) is 1.87. The van der Waals surface area contributed by atoms with Crippen LogP contribution in [0.3, 0.4) is 0 Å². The maximum Gasteiger partial charge on any atom is 0.239 e. The van der Waals surface area contributed by atoms with Gasteiger partial charge < -0.3 is 10.2 Å². The average Bonchev–Trinajstić information content (AvgIpc) is 2.62. The Balaban J connectivity index is 1.57. The van der Waals surface area contributed by atoms with Crippen LogP contribution in [0.1, 0.15) is 5.56 Å². The number of carbonyl (C=O) groups is 1. The van der Waals surface area contributed by atoms with E-state index in [2.05, 4.69) is 27.4 Å². The van der Waals surface area contributed by atoms with Crippen molar-refractivity contribution in [3.05, 3.63) is 66.5 Å². The molecule has 0 spiro atoms. The largest absolute Gasteiger partial charge is 0.354 e. The Bertz CT molecular complexity index is 814. The fourth-order valence-electron chi connectivity index (χ4n) is 2.63. The molecule has 0 saturated heterocycles. The summed E-state index contributed by atoms with van der Waals surface area (Å²) in [6, 6.07) is 17.9. The van der Waals surface area contributed by atoms with Crippen LogP contribution >= 0.6 is 0 Å². The second-order valence-electron chi connectivity index (χ2n) is 5.66. The van der Waals surface area contributed by atoms with Gasteiger partial charge in [-0.25, -0.2) is 9.97 Å². The topological polar surface area (TPSA) is 58.1 Å². The highest BCUT2D eigenvalue weighted by Crippen LogP contribution is 2.20. The van der Waals surface area contributed by atoms with Gasteiger partial charge in [0, 0.05) is 19.0 Å². The highest BCUT2D eigenvalue weighted by atomic mass is 16.2. The molecule has 3 aromatic rings. The number of anilines is 1. The number of hydrogen-bond donors (Lipinski definition) is 1. The maximum atomic E-state index is 12.2. The number of nitrogens with one attached hydrogen (secondary N) is 1. The van der Waals surface area contributed by atoms with Crippen molar-refractivity contribution >= 4 is 22.6 Å². The van der Waals surface area contributed by atoms with E-state index in [1.54, 1.807) is 0 Å². The third-order valence-electron chi connectivity index (χ3n) is 3.84. The number of para-hydroxylation sites is 1. The fourth-order valence-corrected chi connectivity index (χ4v) is 2.63. The highest BCUT2D eigenvalue weighted by Gasteiger charge is 2.11. The molecule has 5 nitrogen and oxygen atoms in total. The van der Waals surface area contributed by atoms with Crippen molar-refractivity contribution in [3.8, 4) is 0 Å². The van der Waals surface area contributed by atoms with Crippen molar-refractivity contribution < 1.29 is 4.79 Å². The van der Waals surface area contributed by atoms with Gasteiger partial charge in [0.2, 0.25) is 5.91 Å². The number of amides is 1. The lowest BCUT2D eigenvalue weighted by molar-refractivity contribution is -0.119. The van der Waals surface area contributed by atoms with Crippen LogP contribution in [-0.4, -0.2) is 36.0 Å². The molecule has 1 amide bonds. The number of likely N-dealkylation sites (N-methyl/N-ethyl adjacent to an activating group) is 1. The number of hydrogen-bond acceptors (Lipinski definition) is 4. The van der Waals surface area contributed by atoms with Crippen LogP contribution in [0.2, 0.25) is 0 Å². The third-order valence-corrected chi connectivity index (χ3v) is 3.84. The Labute approximate surface area is 141 Å². The molecule has 0 aliphatic carbocycles. The summed E-state index contributed by atoms with van der Waals surface area (Å²) in [5.74, 6) is 0.745. The van der Waals surface area contributed by atoms with Crippen molar-refractivity contribution in [3.63, 3.8) is 0 Å². The predicted octanol–water partition coefficient (Wildman–Crippen LogP) is 2.42. The number of nitrogens with zero attached hydrogens (tertiary/aromatic N) is 3. The molecular weight excluding hydrogens is 300 g/mol. The zero-order valence-corrected chi connectivity index (χ0v) is 13.6. The first-order valence-electron chi connectivity index (χ1n) is 7.95. The smallest absolute Gasteiger partial charge is 0.239 e. The van der Waals surface area contributed by atoms with E-state index in [4.69, 9.17) is 0 Å². The van der Waals surface area contributed by atoms with Gasteiger partial charge in [-0.3, -0.25) is 4.79 Å². The molecule has 1 aromatic heterocycles. The summed E-state index contributed by atoms with van der Waals surface area (Å²) in [5.41, 5.74) is 2.09. The quantitative estimate of drug-likeness (QED) is 0.758. The molecule has 2 aromatic carbocycles. The fraction of sp³-hybridized carbons (Fsp3) is 0.211. The van der Waals surface area contributed by atoms with Crippen LogP contribution in [0.4, 0.5) is 5.82 Å². The van der Waals surface area contributed by atoms with E-state index in [9.17, 15) is 4.79 Å². The molecule has 0 atom stereocenters. The SMILES string of the molecule is CN(CC(=O)NCCc1ccccc1)c1ncnc2ccccc12. The molecule has 122 valence electrons. The second kappa shape index (κ2) is 7.55. The lowest BCUT2D eigenvalue weighted by Crippen LogP contribution is -2.36. The van der Waals surface area contributed by atoms with Crippen molar-refractivity contribution in [2.45, 2.75) is 6.42 Å². The molecule has 1 N–H and O–H groups in total. The van der Waals surface area contributed by atoms with Crippen LogP contribution in [0.15, 0.2) is 60.9 Å². The van der Waals surface area contributed by atoms with Crippen LogP contribution in [0.25, 0.3) is 10.9 Å². The van der Waals surface area contributed by atoms with Crippen LogP contribution in [-0.2, 0) is 11.2 Å². The Morgan fingerprint density at radius 1 is 1.04 bits per heavy atom. The maximum absolute atomic E-state index is 12.2. The number of carbonyl (C=O) groups excluding carboxylic acids is 1. The highest BCUT2D eigenvalue weighted by molar-refractivity contribution is 5.91. The van der Waals surface area contributed by atoms with Gasteiger partial charge in [0.05, 0.1) is 12.1 Å². The van der Waals surface area contributed by atoms with E-state index in [0.717, 1.165) is 23.1 Å². The molecule has 0 aliphatic rings. The Kier molecular flexibility index (Phi) is 5.01. The first-order chi connectivity index (χ1) is 11.7. The molecule has 24 heavy (non-hydrogen) atoms. The number of aromatic nitrogens is 2. The zero-order valence-electron chi connectivity index (χ0n) is 13.6. The molecule has 5 heteroatoms. The number of benzene rings is 2. The molecule has 1 heterocycles. The van der Waals surface area contributed by atoms with Crippen molar-refractivity contribution in [1.29, 1.82) is 0 Å². The van der Waals surface area contributed by atoms with Gasteiger partial charge in [-0.15, -0.1) is 0 Å². The summed E-state index contributed by atoms with van der Waals surface area (Å²) >= 11 is 0. The molecule has 0 aliphatic heterocycles. The van der Waals surface area contributed by atoms with Gasteiger partial charge >= 0.3 is 0 Å². The first kappa shape index (κ1) is 15.9. The van der Waals surface area contributed by atoms with E-state index in [-0.39, 0.29) is 12.5 Å². The number of fused-ring (bicyclic) bond motifs is 1. The predicted molar refractivity (Wildman–Crippen MR) is 96.0 cm³/mol. The normalized spacial score (nSPS) is 10.5. The van der Waals surface area contributed by atoms with E-state index in [1.165, 1.54) is 11.9 Å². The summed E-state index contributed by atoms with van der Waals surface area (Å²) in [6.45, 7) is 0.886. The lowest BCUT2D eigenvalue weighted by atomic mass is 10.1. The third kappa shape index (κ3) is 3.87. The van der Waals surface area contributed by atoms with E-state index in [0.29, 0.717) is 6.54 Å². The molecule has 0 fully saturated rings. The molecular formula is C19H20N4O. The summed E-state index contributed by atoms with van der Waals surface area (Å²) in [4.78, 5) is 22.6. The number of rotatable bonds is 6. The summed E-state index contributed by atoms with van der Waals surface area (Å²) in [6.07, 6.45) is 2.36. The molecule has 0 unspecified atom stereocenters. The van der Waals surface area contributed by atoms with Crippen LogP contribution in [0, 0.1) is 0 Å². The van der Waals surface area contributed by atoms with Crippen molar-refractivity contribution in [1.82, 2.24) is 15.3 Å². The van der Waals surface area contributed by atoms with E-state index < -0.39 is 0 Å². The minimum Gasteiger partial charge on any atom is -0.354 e. The monoisotopic (exact) mass is 320 g/mol. The van der Waals surface area contributed by atoms with Gasteiger partial charge in [-0.05, 0) is 24.1 Å². The Morgan fingerprint density at radius 2 is 1.79 bits per heavy atom. The van der Waals surface area contributed by atoms with Gasteiger partial charge in [-0.1, -0.05) is 42.5 Å². The Hall–Kier alpha value is -2.95. The van der Waals surface area contributed by atoms with Crippen molar-refractivity contribution in [2.24, 2.45) is 0 Å². The zero-order chi connectivity index (χ0) is 16.8. The summed E-state index contributed by atoms with van der Waals surface area (Å²) < 4.78 is 0. The van der Waals surface area contributed by atoms with Gasteiger partial charge in [0.15, 0.2) is 0 Å². The molecule has 3 rings (SSSR count).